The van der Waals surface area contributed by atoms with Crippen LogP contribution in [0.3, 0.4) is 0 Å². The fourth-order valence-corrected chi connectivity index (χ4v) is 3.50. The molecule has 0 saturated heterocycles. The van der Waals surface area contributed by atoms with Crippen LogP contribution in [0.4, 0.5) is 5.95 Å². The Morgan fingerprint density at radius 1 is 1.12 bits per heavy atom. The summed E-state index contributed by atoms with van der Waals surface area (Å²) in [4.78, 5) is 31.0. The minimum absolute atomic E-state index is 0.151. The fraction of sp³-hybridized carbons (Fsp3) is 0.160. The molecule has 0 atom stereocenters. The van der Waals surface area contributed by atoms with E-state index in [-0.39, 0.29) is 24.9 Å². The standard InChI is InChI=1S/C25H23ClN4O4/c1-17(31)29(14-22-4-3-13-34-22)16-24(32)28-25-27-23(18-5-7-19(26)8-6-18)15-30(25)20-9-11-21(33-2)12-10-20/h3-13,15H,14,16H2,1-2H3,(H,27,28,32). The van der Waals surface area contributed by atoms with Gasteiger partial charge in [0.2, 0.25) is 17.8 Å². The first-order valence-corrected chi connectivity index (χ1v) is 10.9. The molecular formula is C25H23ClN4O4. The number of methoxy groups -OCH3 is 1. The number of hydrogen-bond donors (Lipinski definition) is 1. The number of aromatic nitrogens is 2. The Hall–Kier alpha value is -4.04. The van der Waals surface area contributed by atoms with E-state index in [1.807, 2.05) is 42.6 Å². The molecule has 0 unspecified atom stereocenters. The number of hydrogen-bond acceptors (Lipinski definition) is 5. The van der Waals surface area contributed by atoms with Crippen LogP contribution in [0.15, 0.2) is 77.5 Å². The third-order valence-electron chi connectivity index (χ3n) is 5.15. The van der Waals surface area contributed by atoms with E-state index in [4.69, 9.17) is 20.8 Å². The lowest BCUT2D eigenvalue weighted by Gasteiger charge is -2.19. The number of halogens is 1. The third kappa shape index (κ3) is 5.47. The summed E-state index contributed by atoms with van der Waals surface area (Å²) in [6, 6.07) is 18.1. The first-order valence-electron chi connectivity index (χ1n) is 10.5. The van der Waals surface area contributed by atoms with Gasteiger partial charge in [-0.15, -0.1) is 0 Å². The molecule has 0 bridgehead atoms. The number of anilines is 1. The van der Waals surface area contributed by atoms with Crippen LogP contribution in [0.2, 0.25) is 5.02 Å². The summed E-state index contributed by atoms with van der Waals surface area (Å²) in [5.41, 5.74) is 2.28. The summed E-state index contributed by atoms with van der Waals surface area (Å²) in [6.45, 7) is 1.45. The molecule has 0 fully saturated rings. The highest BCUT2D eigenvalue weighted by molar-refractivity contribution is 6.30. The molecule has 0 aliphatic heterocycles. The van der Waals surface area contributed by atoms with Crippen molar-refractivity contribution in [1.82, 2.24) is 14.5 Å². The van der Waals surface area contributed by atoms with E-state index < -0.39 is 0 Å². The van der Waals surface area contributed by atoms with E-state index in [1.165, 1.54) is 18.1 Å². The molecule has 2 aromatic heterocycles. The largest absolute Gasteiger partial charge is 0.497 e. The van der Waals surface area contributed by atoms with Gasteiger partial charge >= 0.3 is 0 Å². The van der Waals surface area contributed by atoms with Crippen LogP contribution in [0.5, 0.6) is 5.75 Å². The number of benzene rings is 2. The van der Waals surface area contributed by atoms with Gasteiger partial charge in [0.15, 0.2) is 0 Å². The molecule has 174 valence electrons. The minimum Gasteiger partial charge on any atom is -0.497 e. The lowest BCUT2D eigenvalue weighted by atomic mass is 10.2. The maximum absolute atomic E-state index is 12.9. The van der Waals surface area contributed by atoms with Crippen molar-refractivity contribution in [2.24, 2.45) is 0 Å². The van der Waals surface area contributed by atoms with E-state index >= 15 is 0 Å². The average Bonchev–Trinajstić information content (AvgIpc) is 3.49. The molecule has 0 radical (unpaired) electrons. The van der Waals surface area contributed by atoms with E-state index in [9.17, 15) is 9.59 Å². The molecule has 2 heterocycles. The molecule has 8 nitrogen and oxygen atoms in total. The monoisotopic (exact) mass is 478 g/mol. The topological polar surface area (TPSA) is 89.6 Å². The fourth-order valence-electron chi connectivity index (χ4n) is 3.37. The summed E-state index contributed by atoms with van der Waals surface area (Å²) in [5.74, 6) is 0.994. The summed E-state index contributed by atoms with van der Waals surface area (Å²) >= 11 is 6.02. The Morgan fingerprint density at radius 3 is 2.47 bits per heavy atom. The van der Waals surface area contributed by atoms with E-state index in [0.717, 1.165) is 11.3 Å². The molecule has 0 spiro atoms. The van der Waals surface area contributed by atoms with Gasteiger partial charge in [0.1, 0.15) is 18.1 Å². The van der Waals surface area contributed by atoms with Gasteiger partial charge in [0.25, 0.3) is 0 Å². The van der Waals surface area contributed by atoms with Crippen LogP contribution in [0, 0.1) is 0 Å². The summed E-state index contributed by atoms with van der Waals surface area (Å²) in [5, 5.41) is 3.45. The molecule has 9 heteroatoms. The maximum Gasteiger partial charge on any atom is 0.246 e. The lowest BCUT2D eigenvalue weighted by Crippen LogP contribution is -2.36. The van der Waals surface area contributed by atoms with Crippen molar-refractivity contribution in [2.75, 3.05) is 19.0 Å². The summed E-state index contributed by atoms with van der Waals surface area (Å²) in [7, 11) is 1.60. The number of carbonyl (C=O) groups is 2. The van der Waals surface area contributed by atoms with E-state index in [2.05, 4.69) is 10.3 Å². The van der Waals surface area contributed by atoms with Crippen molar-refractivity contribution in [1.29, 1.82) is 0 Å². The van der Waals surface area contributed by atoms with Crippen molar-refractivity contribution in [3.05, 3.63) is 83.9 Å². The highest BCUT2D eigenvalue weighted by Crippen LogP contribution is 2.26. The SMILES string of the molecule is COc1ccc(-n2cc(-c3ccc(Cl)cc3)nc2NC(=O)CN(Cc2ccco2)C(C)=O)cc1. The number of furan rings is 1. The van der Waals surface area contributed by atoms with Crippen molar-refractivity contribution < 1.29 is 18.7 Å². The first kappa shape index (κ1) is 23.1. The number of imidazole rings is 1. The maximum atomic E-state index is 12.9. The van der Waals surface area contributed by atoms with Gasteiger partial charge in [-0.25, -0.2) is 4.98 Å². The molecule has 34 heavy (non-hydrogen) atoms. The third-order valence-corrected chi connectivity index (χ3v) is 5.41. The zero-order valence-electron chi connectivity index (χ0n) is 18.7. The smallest absolute Gasteiger partial charge is 0.246 e. The Morgan fingerprint density at radius 2 is 1.85 bits per heavy atom. The summed E-state index contributed by atoms with van der Waals surface area (Å²) in [6.07, 6.45) is 3.35. The number of amides is 2. The average molecular weight is 479 g/mol. The Labute approximate surface area is 201 Å². The minimum atomic E-state index is -0.384. The Balaban J connectivity index is 1.61. The highest BCUT2D eigenvalue weighted by Gasteiger charge is 2.19. The molecule has 1 N–H and O–H groups in total. The number of ether oxygens (including phenoxy) is 1. The molecule has 2 amide bonds. The van der Waals surface area contributed by atoms with Crippen LogP contribution in [0.25, 0.3) is 16.9 Å². The van der Waals surface area contributed by atoms with Gasteiger partial charge in [-0.2, -0.15) is 0 Å². The number of rotatable bonds is 8. The van der Waals surface area contributed by atoms with E-state index in [0.29, 0.717) is 28.2 Å². The lowest BCUT2D eigenvalue weighted by molar-refractivity contribution is -0.133. The van der Waals surface area contributed by atoms with Gasteiger partial charge in [-0.05, 0) is 48.5 Å². The number of carbonyl (C=O) groups excluding carboxylic acids is 2. The molecule has 0 saturated carbocycles. The van der Waals surface area contributed by atoms with Crippen molar-refractivity contribution >= 4 is 29.4 Å². The molecular weight excluding hydrogens is 456 g/mol. The molecule has 4 aromatic rings. The van der Waals surface area contributed by atoms with Gasteiger partial charge in [-0.1, -0.05) is 23.7 Å². The van der Waals surface area contributed by atoms with Crippen molar-refractivity contribution in [3.8, 4) is 22.7 Å². The predicted molar refractivity (Wildman–Crippen MR) is 129 cm³/mol. The van der Waals surface area contributed by atoms with Crippen LogP contribution in [-0.4, -0.2) is 39.9 Å². The summed E-state index contributed by atoms with van der Waals surface area (Å²) < 4.78 is 12.3. The number of nitrogens with one attached hydrogen (secondary N) is 1. The first-order chi connectivity index (χ1) is 16.4. The second-order valence-corrected chi connectivity index (χ2v) is 7.96. The van der Waals surface area contributed by atoms with Crippen molar-refractivity contribution in [2.45, 2.75) is 13.5 Å². The Bertz CT molecular complexity index is 1270. The second-order valence-electron chi connectivity index (χ2n) is 7.53. The predicted octanol–water partition coefficient (Wildman–Crippen LogP) is 4.78. The molecule has 2 aromatic carbocycles. The molecule has 4 rings (SSSR count). The molecule has 0 aliphatic carbocycles. The van der Waals surface area contributed by atoms with Gasteiger partial charge in [0, 0.05) is 29.4 Å². The molecule has 0 aliphatic rings. The quantitative estimate of drug-likeness (QED) is 0.393. The van der Waals surface area contributed by atoms with Gasteiger partial charge in [-0.3, -0.25) is 19.5 Å². The van der Waals surface area contributed by atoms with Crippen LogP contribution < -0.4 is 10.1 Å². The van der Waals surface area contributed by atoms with Gasteiger partial charge < -0.3 is 14.1 Å². The van der Waals surface area contributed by atoms with Crippen LogP contribution >= 0.6 is 11.6 Å². The van der Waals surface area contributed by atoms with Crippen LogP contribution in [-0.2, 0) is 16.1 Å². The zero-order chi connectivity index (χ0) is 24.1. The van der Waals surface area contributed by atoms with Crippen LogP contribution in [0.1, 0.15) is 12.7 Å². The highest BCUT2D eigenvalue weighted by atomic mass is 35.5. The Kier molecular flexibility index (Phi) is 6.98. The normalized spacial score (nSPS) is 10.7. The second kappa shape index (κ2) is 10.3. The van der Waals surface area contributed by atoms with E-state index in [1.54, 1.807) is 35.9 Å². The zero-order valence-corrected chi connectivity index (χ0v) is 19.5. The van der Waals surface area contributed by atoms with Crippen molar-refractivity contribution in [3.63, 3.8) is 0 Å². The number of nitrogens with zero attached hydrogens (tertiary/aromatic N) is 3. The van der Waals surface area contributed by atoms with Gasteiger partial charge in [0.05, 0.1) is 25.6 Å².